The zero-order valence-electron chi connectivity index (χ0n) is 13.4. The molecule has 0 radical (unpaired) electrons. The van der Waals surface area contributed by atoms with Gasteiger partial charge in [-0.1, -0.05) is 13.0 Å². The number of hydrogen-bond donors (Lipinski definition) is 0. The highest BCUT2D eigenvalue weighted by molar-refractivity contribution is 7.89. The van der Waals surface area contributed by atoms with E-state index in [1.807, 2.05) is 6.07 Å². The Kier molecular flexibility index (Phi) is 4.06. The number of rotatable bonds is 5. The van der Waals surface area contributed by atoms with E-state index in [1.54, 1.807) is 19.1 Å². The third kappa shape index (κ3) is 3.19. The smallest absolute Gasteiger partial charge is 0.246 e. The van der Waals surface area contributed by atoms with Crippen LogP contribution in [0.5, 0.6) is 0 Å². The van der Waals surface area contributed by atoms with Crippen molar-refractivity contribution in [3.05, 3.63) is 53.2 Å². The first-order valence-corrected chi connectivity index (χ1v) is 9.04. The molecule has 2 aromatic rings. The first-order valence-electron chi connectivity index (χ1n) is 7.60. The lowest BCUT2D eigenvalue weighted by Crippen LogP contribution is -2.27. The van der Waals surface area contributed by atoms with Gasteiger partial charge in [0.2, 0.25) is 10.0 Å². The standard InChI is InChI=1S/C17H20FNO3S/c1-11-4-6-15(18)17(8-11)23(20,21)19(3)10-13-5-7-16(22-13)14-9-12(14)2/h4-8,12,14H,9-10H2,1-3H3/t12-,14-/m0/s1. The van der Waals surface area contributed by atoms with Crippen molar-refractivity contribution in [2.75, 3.05) is 7.05 Å². The van der Waals surface area contributed by atoms with E-state index >= 15 is 0 Å². The summed E-state index contributed by atoms with van der Waals surface area (Å²) >= 11 is 0. The molecule has 0 amide bonds. The van der Waals surface area contributed by atoms with E-state index in [4.69, 9.17) is 4.42 Å². The van der Waals surface area contributed by atoms with Crippen molar-refractivity contribution in [3.63, 3.8) is 0 Å². The Hall–Kier alpha value is -1.66. The van der Waals surface area contributed by atoms with E-state index in [9.17, 15) is 12.8 Å². The molecule has 1 fully saturated rings. The summed E-state index contributed by atoms with van der Waals surface area (Å²) in [5, 5.41) is 0. The van der Waals surface area contributed by atoms with Crippen LogP contribution < -0.4 is 0 Å². The molecule has 3 rings (SSSR count). The van der Waals surface area contributed by atoms with Gasteiger partial charge in [-0.3, -0.25) is 0 Å². The summed E-state index contributed by atoms with van der Waals surface area (Å²) in [6, 6.07) is 7.76. The van der Waals surface area contributed by atoms with Gasteiger partial charge in [-0.05, 0) is 49.1 Å². The van der Waals surface area contributed by atoms with Crippen LogP contribution in [0.25, 0.3) is 0 Å². The van der Waals surface area contributed by atoms with Crippen molar-refractivity contribution in [1.29, 1.82) is 0 Å². The summed E-state index contributed by atoms with van der Waals surface area (Å²) in [4.78, 5) is -0.303. The van der Waals surface area contributed by atoms with Crippen LogP contribution in [0, 0.1) is 18.7 Å². The van der Waals surface area contributed by atoms with Crippen molar-refractivity contribution in [3.8, 4) is 0 Å². The van der Waals surface area contributed by atoms with E-state index in [2.05, 4.69) is 6.92 Å². The van der Waals surface area contributed by atoms with Crippen LogP contribution in [0.15, 0.2) is 39.6 Å². The fourth-order valence-corrected chi connectivity index (χ4v) is 3.96. The summed E-state index contributed by atoms with van der Waals surface area (Å²) in [5.41, 5.74) is 0.696. The van der Waals surface area contributed by atoms with E-state index in [0.717, 1.165) is 16.5 Å². The Labute approximate surface area is 136 Å². The van der Waals surface area contributed by atoms with Crippen LogP contribution in [0.3, 0.4) is 0 Å². The Balaban J connectivity index is 1.80. The molecule has 0 unspecified atom stereocenters. The van der Waals surface area contributed by atoms with Gasteiger partial charge in [0.15, 0.2) is 0 Å². The van der Waals surface area contributed by atoms with Crippen LogP contribution in [0.4, 0.5) is 4.39 Å². The fraction of sp³-hybridized carbons (Fsp3) is 0.412. The highest BCUT2D eigenvalue weighted by Gasteiger charge is 2.36. The first kappa shape index (κ1) is 16.2. The van der Waals surface area contributed by atoms with Gasteiger partial charge in [0.1, 0.15) is 22.2 Å². The quantitative estimate of drug-likeness (QED) is 0.836. The average Bonchev–Trinajstić information content (AvgIpc) is 3.04. The zero-order chi connectivity index (χ0) is 16.8. The Morgan fingerprint density at radius 1 is 1.30 bits per heavy atom. The molecule has 6 heteroatoms. The topological polar surface area (TPSA) is 50.5 Å². The second-order valence-electron chi connectivity index (χ2n) is 6.32. The lowest BCUT2D eigenvalue weighted by molar-refractivity contribution is 0.388. The molecule has 2 atom stereocenters. The lowest BCUT2D eigenvalue weighted by atomic mass is 10.2. The van der Waals surface area contributed by atoms with Crippen LogP contribution in [0.2, 0.25) is 0 Å². The van der Waals surface area contributed by atoms with Crippen LogP contribution in [-0.2, 0) is 16.6 Å². The molecule has 1 aromatic heterocycles. The van der Waals surface area contributed by atoms with E-state index in [0.29, 0.717) is 23.2 Å². The number of nitrogens with zero attached hydrogens (tertiary/aromatic N) is 1. The molecule has 0 spiro atoms. The fourth-order valence-electron chi connectivity index (χ4n) is 2.68. The van der Waals surface area contributed by atoms with E-state index < -0.39 is 15.8 Å². The molecule has 0 saturated heterocycles. The van der Waals surface area contributed by atoms with Gasteiger partial charge in [0.05, 0.1) is 6.54 Å². The van der Waals surface area contributed by atoms with Gasteiger partial charge in [-0.25, -0.2) is 12.8 Å². The zero-order valence-corrected chi connectivity index (χ0v) is 14.2. The number of sulfonamides is 1. The first-order chi connectivity index (χ1) is 10.8. The molecule has 124 valence electrons. The third-order valence-corrected chi connectivity index (χ3v) is 6.13. The van der Waals surface area contributed by atoms with Gasteiger partial charge in [-0.15, -0.1) is 0 Å². The molecule has 0 N–H and O–H groups in total. The van der Waals surface area contributed by atoms with Gasteiger partial charge in [-0.2, -0.15) is 4.31 Å². The molecular formula is C17H20FNO3S. The van der Waals surface area contributed by atoms with E-state index in [1.165, 1.54) is 19.2 Å². The second-order valence-corrected chi connectivity index (χ2v) is 8.33. The number of benzene rings is 1. The Bertz CT molecular complexity index is 828. The maximum absolute atomic E-state index is 13.9. The lowest BCUT2D eigenvalue weighted by Gasteiger charge is -2.16. The van der Waals surface area contributed by atoms with Crippen LogP contribution in [0.1, 0.15) is 36.3 Å². The average molecular weight is 337 g/mol. The summed E-state index contributed by atoms with van der Waals surface area (Å²) in [6.07, 6.45) is 1.11. The Morgan fingerprint density at radius 3 is 2.65 bits per heavy atom. The highest BCUT2D eigenvalue weighted by atomic mass is 32.2. The van der Waals surface area contributed by atoms with Crippen LogP contribution >= 0.6 is 0 Å². The molecule has 23 heavy (non-hydrogen) atoms. The summed E-state index contributed by atoms with van der Waals surface area (Å²) < 4.78 is 45.9. The van der Waals surface area contributed by atoms with Gasteiger partial charge in [0, 0.05) is 13.0 Å². The summed E-state index contributed by atoms with van der Waals surface area (Å²) in [6.45, 7) is 3.97. The Morgan fingerprint density at radius 2 is 2.00 bits per heavy atom. The number of aryl methyl sites for hydroxylation is 1. The van der Waals surface area contributed by atoms with Crippen molar-refractivity contribution >= 4 is 10.0 Å². The molecule has 1 aliphatic carbocycles. The molecule has 1 aromatic carbocycles. The minimum atomic E-state index is -3.90. The maximum Gasteiger partial charge on any atom is 0.246 e. The van der Waals surface area contributed by atoms with Gasteiger partial charge >= 0.3 is 0 Å². The molecule has 4 nitrogen and oxygen atoms in total. The van der Waals surface area contributed by atoms with Crippen molar-refractivity contribution in [2.24, 2.45) is 5.92 Å². The van der Waals surface area contributed by atoms with Crippen molar-refractivity contribution in [1.82, 2.24) is 4.31 Å². The minimum absolute atomic E-state index is 0.0802. The van der Waals surface area contributed by atoms with Gasteiger partial charge < -0.3 is 4.42 Å². The number of furan rings is 1. The highest BCUT2D eigenvalue weighted by Crippen LogP contribution is 2.47. The summed E-state index contributed by atoms with van der Waals surface area (Å²) in [5.74, 6) is 1.80. The molecular weight excluding hydrogens is 317 g/mol. The largest absolute Gasteiger partial charge is 0.464 e. The predicted octanol–water partition coefficient (Wildman–Crippen LogP) is 3.67. The number of halogens is 1. The second kappa shape index (κ2) is 5.76. The molecule has 0 bridgehead atoms. The monoisotopic (exact) mass is 337 g/mol. The van der Waals surface area contributed by atoms with Crippen molar-refractivity contribution < 1.29 is 17.2 Å². The van der Waals surface area contributed by atoms with Gasteiger partial charge in [0.25, 0.3) is 0 Å². The van der Waals surface area contributed by atoms with E-state index in [-0.39, 0.29) is 11.4 Å². The molecule has 0 aliphatic heterocycles. The molecule has 1 aliphatic rings. The van der Waals surface area contributed by atoms with Crippen molar-refractivity contribution in [2.45, 2.75) is 37.6 Å². The predicted molar refractivity (Wildman–Crippen MR) is 85.0 cm³/mol. The normalized spacial score (nSPS) is 20.9. The summed E-state index contributed by atoms with van der Waals surface area (Å²) in [7, 11) is -2.47. The number of hydrogen-bond acceptors (Lipinski definition) is 3. The SMILES string of the molecule is Cc1ccc(F)c(S(=O)(=O)N(C)Cc2ccc([C@H]3C[C@@H]3C)o2)c1. The maximum atomic E-state index is 13.9. The van der Waals surface area contributed by atoms with Crippen LogP contribution in [-0.4, -0.2) is 19.8 Å². The minimum Gasteiger partial charge on any atom is -0.464 e. The third-order valence-electron chi connectivity index (χ3n) is 4.31. The molecule has 1 heterocycles. The molecule has 1 saturated carbocycles.